The predicted octanol–water partition coefficient (Wildman–Crippen LogP) is 0.736. The first-order valence-electron chi connectivity index (χ1n) is 6.06. The molecule has 0 amide bonds. The first kappa shape index (κ1) is 14.9. The van der Waals surface area contributed by atoms with Crippen LogP contribution in [0.15, 0.2) is 52.7 Å². The number of dihydropyridines is 1. The molecule has 21 heavy (non-hydrogen) atoms. The fourth-order valence-corrected chi connectivity index (χ4v) is 2.49. The fraction of sp³-hybridized carbons (Fsp3) is 0.0714. The summed E-state index contributed by atoms with van der Waals surface area (Å²) in [6, 6.07) is 4.66. The van der Waals surface area contributed by atoms with Crippen LogP contribution in [0.25, 0.3) is 5.70 Å². The zero-order valence-corrected chi connectivity index (χ0v) is 12.2. The van der Waals surface area contributed by atoms with Gasteiger partial charge in [-0.2, -0.15) is 0 Å². The van der Waals surface area contributed by atoms with E-state index in [2.05, 4.69) is 5.32 Å². The Labute approximate surface area is 124 Å². The van der Waals surface area contributed by atoms with Crippen molar-refractivity contribution in [2.45, 2.75) is 4.90 Å². The molecule has 0 fully saturated rings. The van der Waals surface area contributed by atoms with E-state index in [9.17, 15) is 9.32 Å². The van der Waals surface area contributed by atoms with Crippen LogP contribution in [0, 0.1) is 5.41 Å². The molecule has 1 aromatic rings. The highest BCUT2D eigenvalue weighted by molar-refractivity contribution is 7.84. The summed E-state index contributed by atoms with van der Waals surface area (Å²) in [5.74, 6) is -0.196. The predicted molar refractivity (Wildman–Crippen MR) is 83.8 cm³/mol. The van der Waals surface area contributed by atoms with Crippen LogP contribution < -0.4 is 16.8 Å². The van der Waals surface area contributed by atoms with E-state index in [1.54, 1.807) is 30.6 Å². The summed E-state index contributed by atoms with van der Waals surface area (Å²) in [5, 5.41) is 20.5. The second kappa shape index (κ2) is 5.84. The minimum atomic E-state index is -1.19. The molecule has 1 aliphatic heterocycles. The van der Waals surface area contributed by atoms with Crippen LogP contribution in [0.2, 0.25) is 0 Å². The number of rotatable bonds is 3. The normalized spacial score (nSPS) is 17.7. The Morgan fingerprint density at radius 2 is 2.10 bits per heavy atom. The third-order valence-electron chi connectivity index (χ3n) is 3.04. The number of allylic oxidation sites excluding steroid dienone is 1. The van der Waals surface area contributed by atoms with Gasteiger partial charge in [-0.1, -0.05) is 0 Å². The van der Waals surface area contributed by atoms with Gasteiger partial charge in [-0.25, -0.2) is 0 Å². The maximum atomic E-state index is 11.4. The summed E-state index contributed by atoms with van der Waals surface area (Å²) in [6.07, 6.45) is 6.43. The van der Waals surface area contributed by atoms with Crippen molar-refractivity contribution in [3.8, 4) is 5.75 Å². The lowest BCUT2D eigenvalue weighted by atomic mass is 9.98. The molecule has 2 rings (SSSR count). The molecule has 0 radical (unpaired) electrons. The number of nitrogens with one attached hydrogen (secondary N) is 2. The fourth-order valence-electron chi connectivity index (χ4n) is 1.95. The first-order valence-corrected chi connectivity index (χ1v) is 7.61. The molecule has 0 aromatic heterocycles. The minimum Gasteiger partial charge on any atom is -0.507 e. The van der Waals surface area contributed by atoms with E-state index in [0.717, 1.165) is 0 Å². The summed E-state index contributed by atoms with van der Waals surface area (Å²) < 4.78 is 11.4. The largest absolute Gasteiger partial charge is 0.507 e. The van der Waals surface area contributed by atoms with Crippen LogP contribution in [0.5, 0.6) is 5.75 Å². The SMILES string of the molecule is CS(=O)c1ccc(/C(N)=C2\C=CNC=C2C(=N)N)c(O)c1. The van der Waals surface area contributed by atoms with Gasteiger partial charge in [0.2, 0.25) is 0 Å². The van der Waals surface area contributed by atoms with Gasteiger partial charge in [0.05, 0.1) is 5.70 Å². The number of hydrogen-bond donors (Lipinski definition) is 5. The minimum absolute atomic E-state index is 0.0671. The number of benzene rings is 1. The van der Waals surface area contributed by atoms with Gasteiger partial charge in [-0.3, -0.25) is 9.62 Å². The van der Waals surface area contributed by atoms with E-state index in [1.807, 2.05) is 0 Å². The number of phenols is 1. The second-order valence-corrected chi connectivity index (χ2v) is 5.81. The molecule has 1 aliphatic rings. The summed E-state index contributed by atoms with van der Waals surface area (Å²) >= 11 is 0. The molecular formula is C14H16N4O2S. The molecule has 1 atom stereocenters. The lowest BCUT2D eigenvalue weighted by molar-refractivity contribution is 0.471. The average Bonchev–Trinajstić information content (AvgIpc) is 2.46. The summed E-state index contributed by atoms with van der Waals surface area (Å²) in [4.78, 5) is 0.511. The molecular weight excluding hydrogens is 288 g/mol. The molecule has 0 saturated carbocycles. The monoisotopic (exact) mass is 304 g/mol. The third-order valence-corrected chi connectivity index (χ3v) is 3.95. The number of phenolic OH excluding ortho intramolecular Hbond substituents is 1. The molecule has 7 heteroatoms. The van der Waals surface area contributed by atoms with Gasteiger partial charge in [0.25, 0.3) is 0 Å². The maximum Gasteiger partial charge on any atom is 0.126 e. The van der Waals surface area contributed by atoms with Crippen molar-refractivity contribution >= 4 is 22.3 Å². The lowest BCUT2D eigenvalue weighted by Gasteiger charge is -2.16. The molecule has 7 N–H and O–H groups in total. The van der Waals surface area contributed by atoms with Crippen molar-refractivity contribution in [1.82, 2.24) is 5.32 Å². The maximum absolute atomic E-state index is 11.4. The molecule has 0 spiro atoms. The van der Waals surface area contributed by atoms with Gasteiger partial charge >= 0.3 is 0 Å². The van der Waals surface area contributed by atoms with Gasteiger partial charge in [-0.05, 0) is 24.3 Å². The smallest absolute Gasteiger partial charge is 0.126 e. The Hall–Kier alpha value is -2.54. The Kier molecular flexibility index (Phi) is 4.13. The van der Waals surface area contributed by atoms with Crippen LogP contribution in [0.4, 0.5) is 0 Å². The van der Waals surface area contributed by atoms with Gasteiger partial charge in [0, 0.05) is 51.1 Å². The number of aromatic hydroxyl groups is 1. The number of hydrogen-bond acceptors (Lipinski definition) is 5. The van der Waals surface area contributed by atoms with Crippen LogP contribution in [0.1, 0.15) is 5.56 Å². The summed E-state index contributed by atoms with van der Waals surface area (Å²) in [6.45, 7) is 0. The number of nitrogens with two attached hydrogens (primary N) is 2. The van der Waals surface area contributed by atoms with Gasteiger partial charge < -0.3 is 21.9 Å². The van der Waals surface area contributed by atoms with Crippen LogP contribution in [-0.2, 0) is 10.8 Å². The van der Waals surface area contributed by atoms with Crippen LogP contribution in [0.3, 0.4) is 0 Å². The molecule has 0 aliphatic carbocycles. The zero-order chi connectivity index (χ0) is 15.6. The van der Waals surface area contributed by atoms with E-state index >= 15 is 0 Å². The highest BCUT2D eigenvalue weighted by Crippen LogP contribution is 2.29. The van der Waals surface area contributed by atoms with Crippen LogP contribution >= 0.6 is 0 Å². The van der Waals surface area contributed by atoms with Gasteiger partial charge in [0.15, 0.2) is 0 Å². The lowest BCUT2D eigenvalue weighted by Crippen LogP contribution is -2.20. The molecule has 0 bridgehead atoms. The van der Waals surface area contributed by atoms with Crippen molar-refractivity contribution < 1.29 is 9.32 Å². The second-order valence-electron chi connectivity index (χ2n) is 4.43. The molecule has 110 valence electrons. The molecule has 0 saturated heterocycles. The van der Waals surface area contributed by atoms with Crippen molar-refractivity contribution in [2.75, 3.05) is 6.26 Å². The van der Waals surface area contributed by atoms with Gasteiger partial charge in [-0.15, -0.1) is 0 Å². The van der Waals surface area contributed by atoms with E-state index in [4.69, 9.17) is 16.9 Å². The van der Waals surface area contributed by atoms with E-state index in [1.165, 1.54) is 12.3 Å². The highest BCUT2D eigenvalue weighted by Gasteiger charge is 2.16. The van der Waals surface area contributed by atoms with Crippen molar-refractivity contribution in [3.63, 3.8) is 0 Å². The Morgan fingerprint density at radius 1 is 1.38 bits per heavy atom. The Bertz CT molecular complexity index is 720. The van der Waals surface area contributed by atoms with Crippen molar-refractivity contribution in [3.05, 3.63) is 53.4 Å². The quantitative estimate of drug-likeness (QED) is 0.416. The van der Waals surface area contributed by atoms with Crippen molar-refractivity contribution in [1.29, 1.82) is 5.41 Å². The standard InChI is InChI=1S/C14H16N4O2S/c1-21(20)8-2-3-10(12(19)6-8)13(15)9-4-5-18-7-11(9)14(16)17/h2-7,18-19H,15H2,1H3,(H3,16,17)/b13-9-. The summed E-state index contributed by atoms with van der Waals surface area (Å²) in [5.41, 5.74) is 13.3. The Balaban J connectivity index is 2.55. The number of amidine groups is 1. The molecule has 1 aromatic carbocycles. The third kappa shape index (κ3) is 2.97. The van der Waals surface area contributed by atoms with Crippen molar-refractivity contribution in [2.24, 2.45) is 11.5 Å². The first-order chi connectivity index (χ1) is 9.91. The van der Waals surface area contributed by atoms with Crippen LogP contribution in [-0.4, -0.2) is 21.4 Å². The van der Waals surface area contributed by atoms with E-state index < -0.39 is 10.8 Å². The average molecular weight is 304 g/mol. The highest BCUT2D eigenvalue weighted by atomic mass is 32.2. The van der Waals surface area contributed by atoms with E-state index in [-0.39, 0.29) is 11.6 Å². The molecule has 1 heterocycles. The topological polar surface area (TPSA) is 125 Å². The van der Waals surface area contributed by atoms with E-state index in [0.29, 0.717) is 27.3 Å². The Morgan fingerprint density at radius 3 is 2.67 bits per heavy atom. The zero-order valence-electron chi connectivity index (χ0n) is 11.4. The summed E-state index contributed by atoms with van der Waals surface area (Å²) in [7, 11) is -1.19. The molecule has 1 unspecified atom stereocenters. The van der Waals surface area contributed by atoms with Gasteiger partial charge in [0.1, 0.15) is 11.6 Å². The molecule has 6 nitrogen and oxygen atoms in total.